The van der Waals surface area contributed by atoms with Crippen LogP contribution in [0.2, 0.25) is 0 Å². The fourth-order valence-electron chi connectivity index (χ4n) is 2.42. The van der Waals surface area contributed by atoms with E-state index in [0.29, 0.717) is 12.1 Å². The Morgan fingerprint density at radius 2 is 2.00 bits per heavy atom. The molecule has 2 aliphatic rings. The van der Waals surface area contributed by atoms with E-state index >= 15 is 0 Å². The Morgan fingerprint density at radius 1 is 1.29 bits per heavy atom. The second-order valence-electron chi connectivity index (χ2n) is 3.98. The van der Waals surface area contributed by atoms with Gasteiger partial charge in [0.1, 0.15) is 0 Å². The maximum absolute atomic E-state index is 11.9. The number of amides is 1. The van der Waals surface area contributed by atoms with Crippen LogP contribution in [0.5, 0.6) is 0 Å². The first kappa shape index (κ1) is 8.00. The lowest BCUT2D eigenvalue weighted by Gasteiger charge is -2.25. The molecule has 0 saturated carbocycles. The van der Waals surface area contributed by atoms with Crippen molar-refractivity contribution < 1.29 is 4.79 Å². The van der Waals surface area contributed by atoms with Crippen LogP contribution in [-0.4, -0.2) is 29.0 Å². The van der Waals surface area contributed by atoms with Gasteiger partial charge in [-0.05, 0) is 18.6 Å². The molecule has 0 aliphatic carbocycles. The zero-order valence-corrected chi connectivity index (χ0v) is 8.27. The highest BCUT2D eigenvalue weighted by atomic mass is 16.2. The van der Waals surface area contributed by atoms with Gasteiger partial charge in [-0.3, -0.25) is 9.80 Å². The third-order valence-electron chi connectivity index (χ3n) is 3.22. The van der Waals surface area contributed by atoms with Crippen molar-refractivity contribution in [3.05, 3.63) is 35.4 Å². The van der Waals surface area contributed by atoms with Crippen molar-refractivity contribution in [2.45, 2.75) is 19.0 Å². The smallest absolute Gasteiger partial charge is 0.268 e. The Morgan fingerprint density at radius 3 is 2.79 bits per heavy atom. The molecule has 3 atom stereocenters. The van der Waals surface area contributed by atoms with Gasteiger partial charge >= 0.3 is 0 Å². The molecular weight excluding hydrogens is 176 g/mol. The Kier molecular flexibility index (Phi) is 1.35. The molecule has 0 N–H and O–H groups in total. The summed E-state index contributed by atoms with van der Waals surface area (Å²) in [6.07, 6.45) is 0. The lowest BCUT2D eigenvalue weighted by Crippen LogP contribution is -2.36. The average molecular weight is 188 g/mol. The largest absolute Gasteiger partial charge is 0.273 e. The molecule has 1 aromatic rings. The first-order chi connectivity index (χ1) is 6.72. The van der Waals surface area contributed by atoms with E-state index in [1.54, 1.807) is 5.01 Å². The van der Waals surface area contributed by atoms with Crippen molar-refractivity contribution in [3.8, 4) is 0 Å². The molecule has 72 valence electrons. The van der Waals surface area contributed by atoms with Crippen LogP contribution < -0.4 is 0 Å². The van der Waals surface area contributed by atoms with Crippen molar-refractivity contribution >= 4 is 5.91 Å². The van der Waals surface area contributed by atoms with Crippen LogP contribution in [-0.2, 0) is 0 Å². The van der Waals surface area contributed by atoms with Gasteiger partial charge in [-0.2, -0.15) is 0 Å². The third-order valence-corrected chi connectivity index (χ3v) is 3.22. The molecule has 0 radical (unpaired) electrons. The maximum Gasteiger partial charge on any atom is 0.268 e. The van der Waals surface area contributed by atoms with Crippen LogP contribution in [0.3, 0.4) is 0 Å². The van der Waals surface area contributed by atoms with E-state index in [2.05, 4.69) is 18.0 Å². The predicted octanol–water partition coefficient (Wildman–Crippen LogP) is 1.43. The first-order valence-corrected chi connectivity index (χ1v) is 4.87. The molecular formula is C11H12N2O. The Balaban J connectivity index is 2.18. The number of carbonyl (C=O) groups excluding carboxylic acids is 1. The van der Waals surface area contributed by atoms with Gasteiger partial charge in [0, 0.05) is 18.7 Å². The van der Waals surface area contributed by atoms with Crippen LogP contribution in [0.1, 0.15) is 28.9 Å². The maximum atomic E-state index is 11.9. The van der Waals surface area contributed by atoms with E-state index in [4.69, 9.17) is 0 Å². The molecule has 3 rings (SSSR count). The van der Waals surface area contributed by atoms with Gasteiger partial charge < -0.3 is 0 Å². The van der Waals surface area contributed by atoms with E-state index in [9.17, 15) is 4.79 Å². The lowest BCUT2D eigenvalue weighted by atomic mass is 10.0. The van der Waals surface area contributed by atoms with Gasteiger partial charge in [-0.25, -0.2) is 5.01 Å². The summed E-state index contributed by atoms with van der Waals surface area (Å²) in [7, 11) is 1.84. The quantitative estimate of drug-likeness (QED) is 0.575. The molecule has 0 aromatic heterocycles. The number of rotatable bonds is 0. The second-order valence-corrected chi connectivity index (χ2v) is 3.98. The number of carbonyl (C=O) groups is 1. The number of fused-ring (bicyclic) bond motifs is 3. The number of nitrogens with zero attached hydrogens (tertiary/aromatic N) is 2. The van der Waals surface area contributed by atoms with Crippen LogP contribution in [0.4, 0.5) is 0 Å². The summed E-state index contributed by atoms with van der Waals surface area (Å²) in [4.78, 5) is 11.9. The molecule has 1 saturated heterocycles. The predicted molar refractivity (Wildman–Crippen MR) is 52.6 cm³/mol. The fraction of sp³-hybridized carbons (Fsp3) is 0.364. The van der Waals surface area contributed by atoms with Gasteiger partial charge in [-0.15, -0.1) is 0 Å². The summed E-state index contributed by atoms with van der Waals surface area (Å²) in [5.74, 6) is 0.112. The Labute approximate surface area is 82.9 Å². The van der Waals surface area contributed by atoms with Crippen molar-refractivity contribution in [2.75, 3.05) is 7.05 Å². The number of benzene rings is 1. The SMILES string of the molecule is CC1C2c3ccccc3C(=O)N(C)N12. The molecule has 2 aliphatic heterocycles. The zero-order chi connectivity index (χ0) is 9.87. The fourth-order valence-corrected chi connectivity index (χ4v) is 2.42. The minimum Gasteiger partial charge on any atom is -0.273 e. The van der Waals surface area contributed by atoms with Gasteiger partial charge in [0.25, 0.3) is 5.91 Å². The summed E-state index contributed by atoms with van der Waals surface area (Å²) in [5.41, 5.74) is 2.05. The molecule has 3 nitrogen and oxygen atoms in total. The van der Waals surface area contributed by atoms with Crippen molar-refractivity contribution in [1.82, 2.24) is 10.0 Å². The summed E-state index contributed by atoms with van der Waals surface area (Å²) in [6, 6.07) is 8.78. The van der Waals surface area contributed by atoms with E-state index in [-0.39, 0.29) is 5.91 Å². The average Bonchev–Trinajstić information content (AvgIpc) is 2.87. The highest BCUT2D eigenvalue weighted by molar-refractivity contribution is 5.97. The molecule has 14 heavy (non-hydrogen) atoms. The van der Waals surface area contributed by atoms with Gasteiger partial charge in [0.15, 0.2) is 0 Å². The van der Waals surface area contributed by atoms with Crippen molar-refractivity contribution in [1.29, 1.82) is 0 Å². The molecule has 3 heteroatoms. The summed E-state index contributed by atoms with van der Waals surface area (Å²) >= 11 is 0. The highest BCUT2D eigenvalue weighted by Gasteiger charge is 2.53. The van der Waals surface area contributed by atoms with Gasteiger partial charge in [-0.1, -0.05) is 18.2 Å². The highest BCUT2D eigenvalue weighted by Crippen LogP contribution is 2.48. The van der Waals surface area contributed by atoms with Crippen LogP contribution >= 0.6 is 0 Å². The topological polar surface area (TPSA) is 23.3 Å². The van der Waals surface area contributed by atoms with Gasteiger partial charge in [0.2, 0.25) is 0 Å². The molecule has 3 unspecified atom stereocenters. The third kappa shape index (κ3) is 0.780. The number of hydrazine groups is 1. The van der Waals surface area contributed by atoms with Crippen LogP contribution in [0, 0.1) is 0 Å². The molecule has 1 aromatic carbocycles. The van der Waals surface area contributed by atoms with Gasteiger partial charge in [0.05, 0.1) is 6.04 Å². The Bertz CT molecular complexity index is 416. The monoisotopic (exact) mass is 188 g/mol. The standard InChI is InChI=1S/C11H12N2O/c1-7-10-8-5-3-4-6-9(8)11(14)12(2)13(7)10/h3-7,10H,1-2H3. The van der Waals surface area contributed by atoms with E-state index in [1.807, 2.05) is 25.2 Å². The van der Waals surface area contributed by atoms with E-state index in [0.717, 1.165) is 5.56 Å². The zero-order valence-electron chi connectivity index (χ0n) is 8.27. The molecule has 0 spiro atoms. The normalized spacial score (nSPS) is 33.7. The van der Waals surface area contributed by atoms with E-state index < -0.39 is 0 Å². The lowest BCUT2D eigenvalue weighted by molar-refractivity contribution is 0.0446. The minimum atomic E-state index is 0.112. The Hall–Kier alpha value is -1.35. The molecule has 0 bridgehead atoms. The first-order valence-electron chi connectivity index (χ1n) is 4.87. The van der Waals surface area contributed by atoms with Crippen molar-refractivity contribution in [2.24, 2.45) is 0 Å². The molecule has 1 fully saturated rings. The summed E-state index contributed by atoms with van der Waals surface area (Å²) < 4.78 is 0. The van der Waals surface area contributed by atoms with Crippen molar-refractivity contribution in [3.63, 3.8) is 0 Å². The number of hydrogen-bond acceptors (Lipinski definition) is 2. The number of hydrogen-bond donors (Lipinski definition) is 0. The van der Waals surface area contributed by atoms with E-state index in [1.165, 1.54) is 5.56 Å². The summed E-state index contributed by atoms with van der Waals surface area (Å²) in [5, 5.41) is 3.85. The van der Waals surface area contributed by atoms with Crippen LogP contribution in [0.25, 0.3) is 0 Å². The second kappa shape index (κ2) is 2.36. The van der Waals surface area contributed by atoms with Crippen LogP contribution in [0.15, 0.2) is 24.3 Å². The molecule has 2 heterocycles. The summed E-state index contributed by atoms with van der Waals surface area (Å²) in [6.45, 7) is 2.15. The minimum absolute atomic E-state index is 0.112. The molecule has 1 amide bonds.